The molecule has 2 N–H and O–H groups in total. The fraction of sp³-hybridized carbons (Fsp3) is 1.00. The lowest BCUT2D eigenvalue weighted by molar-refractivity contribution is -0.169. The van der Waals surface area contributed by atoms with E-state index in [-0.39, 0.29) is 20.1 Å². The van der Waals surface area contributed by atoms with E-state index in [1.165, 1.54) is 57.8 Å². The highest BCUT2D eigenvalue weighted by molar-refractivity contribution is 4.76. The van der Waals surface area contributed by atoms with E-state index >= 15 is 0 Å². The average Bonchev–Trinajstić information content (AvgIpc) is 2.94. The van der Waals surface area contributed by atoms with Crippen molar-refractivity contribution < 1.29 is 19.7 Å². The molecule has 1 aliphatic heterocycles. The molecular formula is C20H44O4. The molecule has 0 bridgehead atoms. The Morgan fingerprint density at radius 2 is 1.42 bits per heavy atom. The molecule has 1 aliphatic rings. The van der Waals surface area contributed by atoms with E-state index in [0.717, 1.165) is 6.42 Å². The van der Waals surface area contributed by atoms with E-state index in [9.17, 15) is 5.11 Å². The van der Waals surface area contributed by atoms with Gasteiger partial charge in [0.15, 0.2) is 6.29 Å². The summed E-state index contributed by atoms with van der Waals surface area (Å²) < 4.78 is 10.9. The quantitative estimate of drug-likeness (QED) is 0.457. The summed E-state index contributed by atoms with van der Waals surface area (Å²) in [7, 11) is 0. The zero-order valence-corrected chi connectivity index (χ0v) is 15.6. The zero-order chi connectivity index (χ0) is 17.3. The Labute approximate surface area is 150 Å². The largest absolute Gasteiger partial charge is 0.394 e. The minimum Gasteiger partial charge on any atom is -0.394 e. The third-order valence-electron chi connectivity index (χ3n) is 4.13. The Balaban J connectivity index is 0. The van der Waals surface area contributed by atoms with Crippen molar-refractivity contribution in [1.29, 1.82) is 0 Å². The smallest absolute Gasteiger partial charge is 0.183 e. The van der Waals surface area contributed by atoms with E-state index in [0.29, 0.717) is 13.0 Å². The van der Waals surface area contributed by atoms with Gasteiger partial charge in [0.2, 0.25) is 0 Å². The van der Waals surface area contributed by atoms with Gasteiger partial charge in [-0.25, -0.2) is 0 Å². The van der Waals surface area contributed by atoms with Crippen molar-refractivity contribution in [2.24, 2.45) is 0 Å². The molecule has 1 saturated heterocycles. The first kappa shape index (κ1) is 26.1. The first-order chi connectivity index (χ1) is 11.3. The van der Waals surface area contributed by atoms with Gasteiger partial charge < -0.3 is 19.7 Å². The Morgan fingerprint density at radius 1 is 0.917 bits per heavy atom. The van der Waals surface area contributed by atoms with Crippen LogP contribution in [0.2, 0.25) is 0 Å². The minimum absolute atomic E-state index is 0. The minimum atomic E-state index is -0.592. The summed E-state index contributed by atoms with van der Waals surface area (Å²) in [5.74, 6) is 0. The maximum atomic E-state index is 9.69. The predicted octanol–water partition coefficient (Wildman–Crippen LogP) is 5.05. The fourth-order valence-electron chi connectivity index (χ4n) is 2.77. The van der Waals surface area contributed by atoms with Crippen LogP contribution < -0.4 is 0 Å². The lowest BCUT2D eigenvalue weighted by Gasteiger charge is -2.15. The molecule has 1 fully saturated rings. The van der Waals surface area contributed by atoms with E-state index in [1.54, 1.807) is 0 Å². The predicted molar refractivity (Wildman–Crippen MR) is 102 cm³/mol. The molecular weight excluding hydrogens is 304 g/mol. The van der Waals surface area contributed by atoms with Crippen LogP contribution in [0.15, 0.2) is 0 Å². The van der Waals surface area contributed by atoms with Crippen molar-refractivity contribution in [2.45, 2.75) is 117 Å². The van der Waals surface area contributed by atoms with Crippen LogP contribution in [-0.2, 0) is 9.47 Å². The molecule has 0 amide bonds. The monoisotopic (exact) mass is 348 g/mol. The summed E-state index contributed by atoms with van der Waals surface area (Å²) in [5.41, 5.74) is 0. The summed E-state index contributed by atoms with van der Waals surface area (Å²) in [6.45, 7) is 6.84. The van der Waals surface area contributed by atoms with Crippen LogP contribution in [0.25, 0.3) is 0 Å². The summed E-state index contributed by atoms with van der Waals surface area (Å²) in [6.07, 6.45) is 12.1. The Bertz CT molecular complexity index is 236. The number of hydrogen-bond donors (Lipinski definition) is 2. The van der Waals surface area contributed by atoms with Gasteiger partial charge in [-0.2, -0.15) is 0 Å². The van der Waals surface area contributed by atoms with E-state index < -0.39 is 12.4 Å². The van der Waals surface area contributed by atoms with Crippen molar-refractivity contribution in [2.75, 3.05) is 13.2 Å². The molecule has 0 spiro atoms. The highest BCUT2D eigenvalue weighted by Crippen LogP contribution is 2.21. The zero-order valence-electron chi connectivity index (χ0n) is 15.6. The summed E-state index contributed by atoms with van der Waals surface area (Å²) >= 11 is 0. The van der Waals surface area contributed by atoms with Gasteiger partial charge in [0, 0.05) is 13.0 Å². The van der Waals surface area contributed by atoms with Crippen molar-refractivity contribution in [3.05, 3.63) is 0 Å². The summed E-state index contributed by atoms with van der Waals surface area (Å²) in [6, 6.07) is 0. The standard InChI is InChI=1S/C17H34O4.C2H6.CH4/c1-2-3-4-5-6-7-8-9-10-11-12-20-17-16(19)13-15(14-18)21-17;1-2;/h15-19H,2-14H2,1H3;1-2H3;1H4. The van der Waals surface area contributed by atoms with Gasteiger partial charge in [-0.1, -0.05) is 86.0 Å². The van der Waals surface area contributed by atoms with Crippen LogP contribution in [0.1, 0.15) is 98.8 Å². The third kappa shape index (κ3) is 13.2. The Morgan fingerprint density at radius 3 is 1.88 bits per heavy atom. The van der Waals surface area contributed by atoms with Gasteiger partial charge >= 0.3 is 0 Å². The lowest BCUT2D eigenvalue weighted by Crippen LogP contribution is -2.24. The lowest BCUT2D eigenvalue weighted by atomic mass is 10.1. The fourth-order valence-corrected chi connectivity index (χ4v) is 2.77. The molecule has 3 atom stereocenters. The second-order valence-corrected chi connectivity index (χ2v) is 6.16. The molecule has 148 valence electrons. The molecule has 0 radical (unpaired) electrons. The van der Waals surface area contributed by atoms with E-state index in [2.05, 4.69) is 6.92 Å². The van der Waals surface area contributed by atoms with Crippen LogP contribution in [-0.4, -0.2) is 41.9 Å². The summed E-state index contributed by atoms with van der Waals surface area (Å²) in [4.78, 5) is 0. The van der Waals surface area contributed by atoms with Gasteiger partial charge in [-0.05, 0) is 6.42 Å². The maximum Gasteiger partial charge on any atom is 0.183 e. The number of hydrogen-bond acceptors (Lipinski definition) is 4. The molecule has 0 saturated carbocycles. The number of aliphatic hydroxyl groups is 2. The van der Waals surface area contributed by atoms with Crippen LogP contribution >= 0.6 is 0 Å². The number of unbranched alkanes of at least 4 members (excludes halogenated alkanes) is 9. The van der Waals surface area contributed by atoms with Crippen LogP contribution in [0, 0.1) is 0 Å². The number of rotatable bonds is 13. The van der Waals surface area contributed by atoms with Gasteiger partial charge in [-0.3, -0.25) is 0 Å². The van der Waals surface area contributed by atoms with Crippen LogP contribution in [0.3, 0.4) is 0 Å². The van der Waals surface area contributed by atoms with Crippen molar-refractivity contribution >= 4 is 0 Å². The molecule has 0 aromatic rings. The van der Waals surface area contributed by atoms with Crippen molar-refractivity contribution in [1.82, 2.24) is 0 Å². The molecule has 0 aliphatic carbocycles. The summed E-state index contributed by atoms with van der Waals surface area (Å²) in [5, 5.41) is 18.7. The molecule has 0 aromatic carbocycles. The van der Waals surface area contributed by atoms with E-state index in [1.807, 2.05) is 13.8 Å². The molecule has 0 aromatic heterocycles. The third-order valence-corrected chi connectivity index (χ3v) is 4.13. The first-order valence-corrected chi connectivity index (χ1v) is 9.84. The normalized spacial score (nSPS) is 22.6. The van der Waals surface area contributed by atoms with Gasteiger partial charge in [-0.15, -0.1) is 0 Å². The van der Waals surface area contributed by atoms with Gasteiger partial charge in [0.05, 0.1) is 12.7 Å². The molecule has 4 nitrogen and oxygen atoms in total. The topological polar surface area (TPSA) is 58.9 Å². The number of aliphatic hydroxyl groups excluding tert-OH is 2. The molecule has 3 unspecified atom stereocenters. The SMILES string of the molecule is C.CC.CCCCCCCCCCCCOC1OC(CO)CC1O. The molecule has 1 heterocycles. The first-order valence-electron chi connectivity index (χ1n) is 9.84. The Kier molecular flexibility index (Phi) is 20.8. The highest BCUT2D eigenvalue weighted by Gasteiger charge is 2.33. The van der Waals surface area contributed by atoms with Crippen molar-refractivity contribution in [3.63, 3.8) is 0 Å². The molecule has 24 heavy (non-hydrogen) atoms. The second-order valence-electron chi connectivity index (χ2n) is 6.16. The second kappa shape index (κ2) is 19.2. The van der Waals surface area contributed by atoms with E-state index in [4.69, 9.17) is 14.6 Å². The highest BCUT2D eigenvalue weighted by atomic mass is 16.7. The average molecular weight is 349 g/mol. The van der Waals surface area contributed by atoms with Crippen molar-refractivity contribution in [3.8, 4) is 0 Å². The number of ether oxygens (including phenoxy) is 2. The van der Waals surface area contributed by atoms with Gasteiger partial charge in [0.25, 0.3) is 0 Å². The van der Waals surface area contributed by atoms with Crippen LogP contribution in [0.5, 0.6) is 0 Å². The van der Waals surface area contributed by atoms with Crippen LogP contribution in [0.4, 0.5) is 0 Å². The Hall–Kier alpha value is -0.160. The molecule has 4 heteroatoms. The molecule has 1 rings (SSSR count). The maximum absolute atomic E-state index is 9.69. The van der Waals surface area contributed by atoms with Gasteiger partial charge in [0.1, 0.15) is 6.10 Å².